The minimum absolute atomic E-state index is 0.260. The van der Waals surface area contributed by atoms with Crippen LogP contribution < -0.4 is 4.74 Å². The van der Waals surface area contributed by atoms with Gasteiger partial charge in [0.2, 0.25) is 0 Å². The Labute approximate surface area is 117 Å². The summed E-state index contributed by atoms with van der Waals surface area (Å²) >= 11 is 7.78. The molecule has 0 aliphatic rings. The van der Waals surface area contributed by atoms with Crippen LogP contribution in [0.15, 0.2) is 36.4 Å². The summed E-state index contributed by atoms with van der Waals surface area (Å²) in [5.41, 5.74) is 0.574. The van der Waals surface area contributed by atoms with Crippen LogP contribution in [0.1, 0.15) is 20.7 Å². The van der Waals surface area contributed by atoms with E-state index >= 15 is 0 Å². The van der Waals surface area contributed by atoms with Crippen LogP contribution in [0, 0.1) is 6.92 Å². The van der Waals surface area contributed by atoms with Crippen LogP contribution in [-0.4, -0.2) is 6.36 Å². The maximum Gasteiger partial charge on any atom is 0.573 e. The lowest BCUT2D eigenvalue weighted by Crippen LogP contribution is -2.17. The second-order valence-electron chi connectivity index (χ2n) is 3.93. The molecular formula is C13H10ClF3OS. The average Bonchev–Trinajstić information content (AvgIpc) is 2.73. The number of aryl methyl sites for hydroxylation is 1. The van der Waals surface area contributed by atoms with E-state index in [1.807, 2.05) is 19.1 Å². The molecule has 102 valence electrons. The number of rotatable bonds is 3. The number of alkyl halides is 4. The number of thiophene rings is 1. The lowest BCUT2D eigenvalue weighted by molar-refractivity contribution is -0.274. The van der Waals surface area contributed by atoms with Crippen LogP contribution in [0.2, 0.25) is 0 Å². The summed E-state index contributed by atoms with van der Waals surface area (Å²) in [5.74, 6) is -0.260. The maximum atomic E-state index is 12.1. The van der Waals surface area contributed by atoms with E-state index in [9.17, 15) is 13.2 Å². The SMILES string of the molecule is Cc1ccc(C(Cl)c2cccc(OC(F)(F)F)c2)s1. The highest BCUT2D eigenvalue weighted by atomic mass is 35.5. The highest BCUT2D eigenvalue weighted by Gasteiger charge is 2.31. The predicted octanol–water partition coefficient (Wildman–Crippen LogP) is 5.28. The molecule has 2 rings (SSSR count). The van der Waals surface area contributed by atoms with E-state index in [1.54, 1.807) is 6.07 Å². The fourth-order valence-corrected chi connectivity index (χ4v) is 2.85. The number of hydrogen-bond acceptors (Lipinski definition) is 2. The van der Waals surface area contributed by atoms with Crippen molar-refractivity contribution in [3.63, 3.8) is 0 Å². The molecule has 0 aliphatic carbocycles. The molecule has 0 radical (unpaired) electrons. The Hall–Kier alpha value is -1.20. The van der Waals surface area contributed by atoms with Crippen molar-refractivity contribution in [2.45, 2.75) is 18.7 Å². The van der Waals surface area contributed by atoms with Crippen molar-refractivity contribution in [2.24, 2.45) is 0 Å². The Bertz CT molecular complexity index is 565. The second kappa shape index (κ2) is 5.43. The van der Waals surface area contributed by atoms with Gasteiger partial charge in [0.25, 0.3) is 0 Å². The van der Waals surface area contributed by atoms with Gasteiger partial charge in [-0.15, -0.1) is 36.1 Å². The Balaban J connectivity index is 2.23. The molecule has 2 aromatic rings. The normalized spacial score (nSPS) is 13.3. The summed E-state index contributed by atoms with van der Waals surface area (Å²) in [5, 5.41) is -0.476. The molecule has 1 aromatic heterocycles. The van der Waals surface area contributed by atoms with Crippen LogP contribution >= 0.6 is 22.9 Å². The van der Waals surface area contributed by atoms with Crippen molar-refractivity contribution in [3.8, 4) is 5.75 Å². The Morgan fingerprint density at radius 1 is 1.21 bits per heavy atom. The summed E-state index contributed by atoms with van der Waals surface area (Å²) in [6.45, 7) is 1.95. The first kappa shape index (κ1) is 14.2. The molecule has 1 heterocycles. The molecule has 0 N–H and O–H groups in total. The largest absolute Gasteiger partial charge is 0.573 e. The van der Waals surface area contributed by atoms with Crippen molar-refractivity contribution in [1.82, 2.24) is 0 Å². The zero-order valence-electron chi connectivity index (χ0n) is 9.87. The van der Waals surface area contributed by atoms with Crippen molar-refractivity contribution in [1.29, 1.82) is 0 Å². The smallest absolute Gasteiger partial charge is 0.406 e. The lowest BCUT2D eigenvalue weighted by Gasteiger charge is -2.12. The molecule has 0 saturated heterocycles. The standard InChI is InChI=1S/C13H10ClF3OS/c1-8-5-6-11(19-8)12(14)9-3-2-4-10(7-9)18-13(15,16)17/h2-7,12H,1H3. The molecule has 1 nitrogen and oxygen atoms in total. The zero-order chi connectivity index (χ0) is 14.0. The Kier molecular flexibility index (Phi) is 4.06. The van der Waals surface area contributed by atoms with Gasteiger partial charge >= 0.3 is 6.36 Å². The number of benzene rings is 1. The van der Waals surface area contributed by atoms with Crippen molar-refractivity contribution in [3.05, 3.63) is 51.7 Å². The van der Waals surface area contributed by atoms with Crippen LogP contribution in [-0.2, 0) is 0 Å². The third kappa shape index (κ3) is 3.88. The van der Waals surface area contributed by atoms with Gasteiger partial charge in [-0.1, -0.05) is 12.1 Å². The highest BCUT2D eigenvalue weighted by Crippen LogP contribution is 2.35. The fourth-order valence-electron chi connectivity index (χ4n) is 1.62. The second-order valence-corrected chi connectivity index (χ2v) is 5.69. The third-order valence-electron chi connectivity index (χ3n) is 2.40. The monoisotopic (exact) mass is 306 g/mol. The zero-order valence-corrected chi connectivity index (χ0v) is 11.4. The molecular weight excluding hydrogens is 297 g/mol. The van der Waals surface area contributed by atoms with E-state index in [0.717, 1.165) is 9.75 Å². The van der Waals surface area contributed by atoms with E-state index in [1.165, 1.54) is 29.5 Å². The molecule has 19 heavy (non-hydrogen) atoms. The molecule has 0 saturated carbocycles. The van der Waals surface area contributed by atoms with Crippen LogP contribution in [0.4, 0.5) is 13.2 Å². The van der Waals surface area contributed by atoms with Crippen LogP contribution in [0.3, 0.4) is 0 Å². The summed E-state index contributed by atoms with van der Waals surface area (Å²) < 4.78 is 40.3. The van der Waals surface area contributed by atoms with E-state index in [-0.39, 0.29) is 5.75 Å². The molecule has 0 amide bonds. The summed E-state index contributed by atoms with van der Waals surface area (Å²) in [7, 11) is 0. The minimum Gasteiger partial charge on any atom is -0.406 e. The molecule has 0 spiro atoms. The quantitative estimate of drug-likeness (QED) is 0.701. The molecule has 0 fully saturated rings. The first-order chi connectivity index (χ1) is 8.85. The number of halogens is 4. The van der Waals surface area contributed by atoms with Gasteiger partial charge in [0.05, 0.1) is 5.38 Å². The van der Waals surface area contributed by atoms with E-state index in [2.05, 4.69) is 4.74 Å². The van der Waals surface area contributed by atoms with E-state index in [0.29, 0.717) is 5.56 Å². The van der Waals surface area contributed by atoms with Gasteiger partial charge in [-0.05, 0) is 36.8 Å². The van der Waals surface area contributed by atoms with Crippen LogP contribution in [0.25, 0.3) is 0 Å². The fraction of sp³-hybridized carbons (Fsp3) is 0.231. The predicted molar refractivity (Wildman–Crippen MR) is 69.9 cm³/mol. The van der Waals surface area contributed by atoms with E-state index < -0.39 is 11.7 Å². The summed E-state index contributed by atoms with van der Waals surface area (Å²) in [6.07, 6.45) is -4.69. The van der Waals surface area contributed by atoms with Crippen molar-refractivity contribution in [2.75, 3.05) is 0 Å². The van der Waals surface area contributed by atoms with Gasteiger partial charge in [-0.3, -0.25) is 0 Å². The van der Waals surface area contributed by atoms with Gasteiger partial charge in [0.15, 0.2) is 0 Å². The van der Waals surface area contributed by atoms with Crippen molar-refractivity contribution < 1.29 is 17.9 Å². The maximum absolute atomic E-state index is 12.1. The van der Waals surface area contributed by atoms with Gasteiger partial charge < -0.3 is 4.74 Å². The average molecular weight is 307 g/mol. The molecule has 1 unspecified atom stereocenters. The molecule has 6 heteroatoms. The summed E-state index contributed by atoms with van der Waals surface area (Å²) in [4.78, 5) is 1.99. The third-order valence-corrected chi connectivity index (χ3v) is 4.08. The van der Waals surface area contributed by atoms with Gasteiger partial charge in [0.1, 0.15) is 5.75 Å². The van der Waals surface area contributed by atoms with E-state index in [4.69, 9.17) is 11.6 Å². The van der Waals surface area contributed by atoms with Gasteiger partial charge in [-0.2, -0.15) is 0 Å². The van der Waals surface area contributed by atoms with Gasteiger partial charge in [-0.25, -0.2) is 0 Å². The highest BCUT2D eigenvalue weighted by molar-refractivity contribution is 7.12. The Morgan fingerprint density at radius 2 is 1.95 bits per heavy atom. The van der Waals surface area contributed by atoms with Crippen molar-refractivity contribution >= 4 is 22.9 Å². The molecule has 1 atom stereocenters. The molecule has 1 aromatic carbocycles. The first-order valence-corrected chi connectivity index (χ1v) is 6.66. The lowest BCUT2D eigenvalue weighted by atomic mass is 10.1. The number of hydrogen-bond donors (Lipinski definition) is 0. The number of ether oxygens (including phenoxy) is 1. The van der Waals surface area contributed by atoms with Crippen LogP contribution in [0.5, 0.6) is 5.75 Å². The molecule has 0 aliphatic heterocycles. The minimum atomic E-state index is -4.69. The summed E-state index contributed by atoms with van der Waals surface area (Å²) in [6, 6.07) is 9.52. The molecule has 0 bridgehead atoms. The topological polar surface area (TPSA) is 9.23 Å². The first-order valence-electron chi connectivity index (χ1n) is 5.41. The van der Waals surface area contributed by atoms with Gasteiger partial charge in [0, 0.05) is 9.75 Å². The Morgan fingerprint density at radius 3 is 2.53 bits per heavy atom.